The fraction of sp³-hybridized carbons (Fsp3) is 0. The fourth-order valence-corrected chi connectivity index (χ4v) is 2.82. The number of carbonyl (C=O) groups is 1. The first-order chi connectivity index (χ1) is 14.2. The highest BCUT2D eigenvalue weighted by Gasteiger charge is 2.08. The van der Waals surface area contributed by atoms with Gasteiger partial charge in [0.2, 0.25) is 0 Å². The van der Waals surface area contributed by atoms with E-state index in [2.05, 4.69) is 15.2 Å². The summed E-state index contributed by atoms with van der Waals surface area (Å²) in [7, 11) is -4.28. The molecule has 0 aliphatic carbocycles. The Balaban J connectivity index is 1.77. The monoisotopic (exact) mass is 425 g/mol. The molecule has 0 spiro atoms. The van der Waals surface area contributed by atoms with Crippen LogP contribution in [-0.2, 0) is 10.1 Å². The lowest BCUT2D eigenvalue weighted by atomic mass is 10.2. The van der Waals surface area contributed by atoms with Crippen molar-refractivity contribution in [2.24, 2.45) is 15.2 Å². The third-order valence-electron chi connectivity index (χ3n) is 3.89. The minimum absolute atomic E-state index is 0.0435. The molecule has 0 radical (unpaired) electrons. The summed E-state index contributed by atoms with van der Waals surface area (Å²) in [4.78, 5) is 14.8. The molecule has 0 aliphatic heterocycles. The number of carboxylic acid groups (broad SMARTS) is 1. The molecule has 30 heavy (non-hydrogen) atoms. The number of nitrogens with zero attached hydrogens (tertiary/aromatic N) is 3. The number of hydrogen-bond donors (Lipinski definition) is 3. The molecule has 152 valence electrons. The Morgan fingerprint density at radius 3 is 2.00 bits per heavy atom. The van der Waals surface area contributed by atoms with Crippen LogP contribution in [0.4, 0.5) is 17.1 Å². The highest BCUT2D eigenvalue weighted by Crippen LogP contribution is 2.25. The maximum absolute atomic E-state index is 11.1. The van der Waals surface area contributed by atoms with Gasteiger partial charge in [-0.25, -0.2) is 4.79 Å². The second-order valence-electron chi connectivity index (χ2n) is 6.02. The summed E-state index contributed by atoms with van der Waals surface area (Å²) < 4.78 is 31.1. The number of aromatic carboxylic acids is 1. The lowest BCUT2D eigenvalue weighted by Crippen LogP contribution is -1.96. The number of hydrogen-bond acceptors (Lipinski definition) is 7. The first-order valence-electron chi connectivity index (χ1n) is 8.42. The minimum Gasteiger partial charge on any atom is -0.507 e. The Morgan fingerprint density at radius 1 is 0.833 bits per heavy atom. The number of carboxylic acids is 1. The molecule has 3 aromatic carbocycles. The molecule has 0 atom stereocenters. The largest absolute Gasteiger partial charge is 0.507 e. The van der Waals surface area contributed by atoms with Crippen molar-refractivity contribution < 1.29 is 28.0 Å². The third kappa shape index (κ3) is 5.34. The van der Waals surface area contributed by atoms with E-state index in [-0.39, 0.29) is 16.2 Å². The molecule has 0 heterocycles. The number of phenolic OH excluding ortho intramolecular Hbond substituents is 1. The molecule has 0 amide bonds. The van der Waals surface area contributed by atoms with Gasteiger partial charge in [-0.1, -0.05) is 0 Å². The van der Waals surface area contributed by atoms with E-state index in [1.807, 2.05) is 0 Å². The zero-order valence-corrected chi connectivity index (χ0v) is 16.1. The lowest BCUT2D eigenvalue weighted by Gasteiger charge is -2.01. The molecule has 0 fully saturated rings. The van der Waals surface area contributed by atoms with Gasteiger partial charge in [-0.15, -0.1) is 0 Å². The third-order valence-corrected chi connectivity index (χ3v) is 4.76. The number of azo groups is 1. The normalized spacial score (nSPS) is 11.9. The van der Waals surface area contributed by atoms with Gasteiger partial charge >= 0.3 is 5.97 Å². The van der Waals surface area contributed by atoms with Gasteiger partial charge in [0, 0.05) is 11.8 Å². The first-order valence-corrected chi connectivity index (χ1v) is 9.86. The van der Waals surface area contributed by atoms with Crippen LogP contribution in [0.5, 0.6) is 5.75 Å². The van der Waals surface area contributed by atoms with Gasteiger partial charge in [0.25, 0.3) is 10.1 Å². The van der Waals surface area contributed by atoms with Gasteiger partial charge in [-0.3, -0.25) is 9.55 Å². The van der Waals surface area contributed by atoms with Crippen LogP contribution in [0.15, 0.2) is 86.8 Å². The smallest absolute Gasteiger partial charge is 0.335 e. The number of rotatable bonds is 6. The average Bonchev–Trinajstić information content (AvgIpc) is 2.72. The summed E-state index contributed by atoms with van der Waals surface area (Å²) in [5, 5.41) is 27.0. The van der Waals surface area contributed by atoms with Crippen LogP contribution < -0.4 is 0 Å². The second-order valence-corrected chi connectivity index (χ2v) is 7.44. The van der Waals surface area contributed by atoms with Crippen molar-refractivity contribution in [1.29, 1.82) is 0 Å². The molecular formula is C20H15N3O6S. The molecule has 0 unspecified atom stereocenters. The predicted octanol–water partition coefficient (Wildman–Crippen LogP) is 4.50. The van der Waals surface area contributed by atoms with Gasteiger partial charge in [-0.2, -0.15) is 18.6 Å². The van der Waals surface area contributed by atoms with E-state index >= 15 is 0 Å². The molecule has 0 saturated heterocycles. The highest BCUT2D eigenvalue weighted by molar-refractivity contribution is 7.85. The van der Waals surface area contributed by atoms with Gasteiger partial charge in [0.05, 0.1) is 27.5 Å². The predicted molar refractivity (Wildman–Crippen MR) is 109 cm³/mol. The standard InChI is InChI=1S/C20H15N3O6S/c24-19-10-7-17(23-22-16-3-1-13(2-4-16)20(25)26)11-14(19)12-21-15-5-8-18(9-6-15)30(27,28)29/h1-12,24H,(H,25,26)(H,27,28,29). The number of aliphatic imine (C=N–C) groups is 1. The zero-order valence-electron chi connectivity index (χ0n) is 15.2. The van der Waals surface area contributed by atoms with E-state index in [1.165, 1.54) is 60.8 Å². The molecule has 0 bridgehead atoms. The average molecular weight is 425 g/mol. The van der Waals surface area contributed by atoms with Crippen molar-refractivity contribution in [2.45, 2.75) is 4.90 Å². The highest BCUT2D eigenvalue weighted by atomic mass is 32.2. The number of benzene rings is 3. The summed E-state index contributed by atoms with van der Waals surface area (Å²) in [5.74, 6) is -1.08. The van der Waals surface area contributed by atoms with Crippen molar-refractivity contribution >= 4 is 39.4 Å². The van der Waals surface area contributed by atoms with Crippen LogP contribution in [-0.4, -0.2) is 35.4 Å². The Kier molecular flexibility index (Phi) is 6.00. The van der Waals surface area contributed by atoms with Crippen molar-refractivity contribution in [3.05, 3.63) is 77.9 Å². The maximum Gasteiger partial charge on any atom is 0.335 e. The Hall–Kier alpha value is -3.89. The zero-order chi connectivity index (χ0) is 21.7. The first kappa shape index (κ1) is 20.8. The van der Waals surface area contributed by atoms with Crippen LogP contribution in [0.2, 0.25) is 0 Å². The summed E-state index contributed by atoms with van der Waals surface area (Å²) in [5.41, 5.74) is 1.79. The van der Waals surface area contributed by atoms with Crippen molar-refractivity contribution in [1.82, 2.24) is 0 Å². The lowest BCUT2D eigenvalue weighted by molar-refractivity contribution is 0.0697. The number of aromatic hydroxyl groups is 1. The molecule has 3 N–H and O–H groups in total. The minimum atomic E-state index is -4.28. The van der Waals surface area contributed by atoms with Crippen molar-refractivity contribution in [3.8, 4) is 5.75 Å². The van der Waals surface area contributed by atoms with E-state index in [0.29, 0.717) is 22.6 Å². The summed E-state index contributed by atoms with van der Waals surface area (Å²) in [6, 6.07) is 15.6. The topological polar surface area (TPSA) is 149 Å². The molecule has 0 aromatic heterocycles. The Morgan fingerprint density at radius 2 is 1.40 bits per heavy atom. The summed E-state index contributed by atoms with van der Waals surface area (Å²) in [6.45, 7) is 0. The Bertz CT molecular complexity index is 1230. The van der Waals surface area contributed by atoms with Gasteiger partial charge in [0.1, 0.15) is 5.75 Å². The fourth-order valence-electron chi connectivity index (χ4n) is 2.34. The molecule has 0 saturated carbocycles. The van der Waals surface area contributed by atoms with E-state index < -0.39 is 16.1 Å². The van der Waals surface area contributed by atoms with E-state index in [1.54, 1.807) is 12.1 Å². The summed E-state index contributed by atoms with van der Waals surface area (Å²) in [6.07, 6.45) is 1.37. The van der Waals surface area contributed by atoms with Crippen LogP contribution >= 0.6 is 0 Å². The van der Waals surface area contributed by atoms with Gasteiger partial charge in [0.15, 0.2) is 0 Å². The van der Waals surface area contributed by atoms with Crippen LogP contribution in [0.3, 0.4) is 0 Å². The summed E-state index contributed by atoms with van der Waals surface area (Å²) >= 11 is 0. The van der Waals surface area contributed by atoms with Crippen LogP contribution in [0.1, 0.15) is 15.9 Å². The molecule has 9 nitrogen and oxygen atoms in total. The van der Waals surface area contributed by atoms with Crippen LogP contribution in [0.25, 0.3) is 0 Å². The van der Waals surface area contributed by atoms with Gasteiger partial charge in [-0.05, 0) is 66.7 Å². The SMILES string of the molecule is O=C(O)c1ccc(N=Nc2ccc(O)c(C=Nc3ccc(S(=O)(=O)O)cc3)c2)cc1. The molecule has 10 heteroatoms. The molecule has 3 aromatic rings. The van der Waals surface area contributed by atoms with E-state index in [0.717, 1.165) is 0 Å². The molecule has 0 aliphatic rings. The maximum atomic E-state index is 11.1. The van der Waals surface area contributed by atoms with Crippen molar-refractivity contribution in [2.75, 3.05) is 0 Å². The van der Waals surface area contributed by atoms with Crippen molar-refractivity contribution in [3.63, 3.8) is 0 Å². The Labute approximate surface area is 171 Å². The van der Waals surface area contributed by atoms with E-state index in [9.17, 15) is 18.3 Å². The van der Waals surface area contributed by atoms with Gasteiger partial charge < -0.3 is 10.2 Å². The molecule has 3 rings (SSSR count). The quantitative estimate of drug-likeness (QED) is 0.301. The van der Waals surface area contributed by atoms with E-state index in [4.69, 9.17) is 9.66 Å². The number of phenols is 1. The second kappa shape index (κ2) is 8.64. The van der Waals surface area contributed by atoms with Crippen LogP contribution in [0, 0.1) is 0 Å². The molecular weight excluding hydrogens is 410 g/mol.